The van der Waals surface area contributed by atoms with Crippen LogP contribution in [0.5, 0.6) is 5.75 Å². The highest BCUT2D eigenvalue weighted by atomic mass is 32.2. The van der Waals surface area contributed by atoms with E-state index in [9.17, 15) is 22.0 Å². The first-order valence-corrected chi connectivity index (χ1v) is 9.56. The summed E-state index contributed by atoms with van der Waals surface area (Å²) in [4.78, 5) is 11.2. The van der Waals surface area contributed by atoms with Gasteiger partial charge in [0.2, 0.25) is 10.0 Å². The summed E-state index contributed by atoms with van der Waals surface area (Å²) in [6, 6.07) is 9.61. The summed E-state index contributed by atoms with van der Waals surface area (Å²) in [5.41, 5.74) is 0.954. The molecule has 0 saturated carbocycles. The van der Waals surface area contributed by atoms with Gasteiger partial charge < -0.3 is 9.47 Å². The number of esters is 1. The highest BCUT2D eigenvalue weighted by Crippen LogP contribution is 2.16. The number of benzene rings is 2. The van der Waals surface area contributed by atoms with Crippen LogP contribution < -0.4 is 9.46 Å². The van der Waals surface area contributed by atoms with Crippen LogP contribution in [0.25, 0.3) is 0 Å². The Kier molecular flexibility index (Phi) is 7.26. The first-order chi connectivity index (χ1) is 12.8. The molecule has 2 aromatic carbocycles. The van der Waals surface area contributed by atoms with Gasteiger partial charge in [-0.15, -0.1) is 0 Å². The summed E-state index contributed by atoms with van der Waals surface area (Å²) >= 11 is 0. The predicted molar refractivity (Wildman–Crippen MR) is 93.8 cm³/mol. The standard InChI is InChI=1S/C18H19F2NO5S/c1-13-4-2-3-5-17(13)25-10-11-26-18(22)8-9-21-27(23,24)14-6-7-15(19)16(20)12-14/h2-7,12,21H,8-11H2,1H3. The third-order valence-electron chi connectivity index (χ3n) is 3.52. The number of rotatable bonds is 9. The Morgan fingerprint density at radius 1 is 1.07 bits per heavy atom. The number of aryl methyl sites for hydroxylation is 1. The number of carbonyl (C=O) groups is 1. The lowest BCUT2D eigenvalue weighted by atomic mass is 10.2. The van der Waals surface area contributed by atoms with Crippen LogP contribution in [0, 0.1) is 18.6 Å². The average Bonchev–Trinajstić information content (AvgIpc) is 2.62. The van der Waals surface area contributed by atoms with Crippen molar-refractivity contribution < 1.29 is 31.5 Å². The second kappa shape index (κ2) is 9.43. The maximum Gasteiger partial charge on any atom is 0.307 e. The van der Waals surface area contributed by atoms with Gasteiger partial charge in [0, 0.05) is 6.54 Å². The normalized spacial score (nSPS) is 11.2. The van der Waals surface area contributed by atoms with E-state index in [1.807, 2.05) is 25.1 Å². The van der Waals surface area contributed by atoms with Crippen LogP contribution in [0.4, 0.5) is 8.78 Å². The second-order valence-corrected chi connectivity index (χ2v) is 7.33. The van der Waals surface area contributed by atoms with E-state index in [4.69, 9.17) is 9.47 Å². The lowest BCUT2D eigenvalue weighted by Gasteiger charge is -2.10. The molecule has 0 atom stereocenters. The third-order valence-corrected chi connectivity index (χ3v) is 4.98. The molecule has 6 nitrogen and oxygen atoms in total. The Hall–Kier alpha value is -2.52. The van der Waals surface area contributed by atoms with Gasteiger partial charge in [-0.1, -0.05) is 18.2 Å². The minimum atomic E-state index is -4.05. The Morgan fingerprint density at radius 3 is 2.52 bits per heavy atom. The van der Waals surface area contributed by atoms with E-state index in [-0.39, 0.29) is 26.2 Å². The molecule has 27 heavy (non-hydrogen) atoms. The molecule has 2 aromatic rings. The second-order valence-electron chi connectivity index (χ2n) is 5.56. The molecule has 0 heterocycles. The van der Waals surface area contributed by atoms with Gasteiger partial charge in [-0.05, 0) is 36.8 Å². The van der Waals surface area contributed by atoms with Crippen LogP contribution in [0.2, 0.25) is 0 Å². The molecule has 0 aliphatic rings. The van der Waals surface area contributed by atoms with Crippen LogP contribution in [0.3, 0.4) is 0 Å². The van der Waals surface area contributed by atoms with Crippen molar-refractivity contribution in [1.82, 2.24) is 4.72 Å². The van der Waals surface area contributed by atoms with Crippen LogP contribution >= 0.6 is 0 Å². The number of para-hydroxylation sites is 1. The number of sulfonamides is 1. The maximum atomic E-state index is 13.1. The number of ether oxygens (including phenoxy) is 2. The zero-order valence-electron chi connectivity index (χ0n) is 14.6. The summed E-state index contributed by atoms with van der Waals surface area (Å²) < 4.78 is 62.4. The van der Waals surface area contributed by atoms with Gasteiger partial charge in [-0.25, -0.2) is 21.9 Å². The molecule has 0 radical (unpaired) electrons. The largest absolute Gasteiger partial charge is 0.490 e. The van der Waals surface area contributed by atoms with Gasteiger partial charge in [0.05, 0.1) is 11.3 Å². The summed E-state index contributed by atoms with van der Waals surface area (Å²) in [6.07, 6.45) is -0.215. The summed E-state index contributed by atoms with van der Waals surface area (Å²) in [6.45, 7) is 1.83. The van der Waals surface area contributed by atoms with Crippen molar-refractivity contribution in [2.45, 2.75) is 18.2 Å². The number of hydrogen-bond donors (Lipinski definition) is 1. The summed E-state index contributed by atoms with van der Waals surface area (Å²) in [5.74, 6) is -2.35. The van der Waals surface area contributed by atoms with Crippen molar-refractivity contribution in [3.05, 3.63) is 59.7 Å². The molecule has 9 heteroatoms. The molecular weight excluding hydrogens is 380 g/mol. The molecule has 0 saturated heterocycles. The molecule has 0 bridgehead atoms. The summed E-state index contributed by atoms with van der Waals surface area (Å²) in [7, 11) is -4.05. The fourth-order valence-electron chi connectivity index (χ4n) is 2.11. The molecule has 0 spiro atoms. The monoisotopic (exact) mass is 399 g/mol. The first-order valence-electron chi connectivity index (χ1n) is 8.08. The van der Waals surface area contributed by atoms with E-state index >= 15 is 0 Å². The third kappa shape index (κ3) is 6.30. The molecule has 0 amide bonds. The van der Waals surface area contributed by atoms with Crippen LogP contribution in [0.15, 0.2) is 47.4 Å². The molecule has 0 aliphatic carbocycles. The fourth-order valence-corrected chi connectivity index (χ4v) is 3.16. The zero-order valence-corrected chi connectivity index (χ0v) is 15.4. The van der Waals surface area contributed by atoms with E-state index in [1.165, 1.54) is 0 Å². The molecular formula is C18H19F2NO5S. The van der Waals surface area contributed by atoms with Gasteiger partial charge in [0.15, 0.2) is 11.6 Å². The topological polar surface area (TPSA) is 81.7 Å². The minimum Gasteiger partial charge on any atom is -0.490 e. The van der Waals surface area contributed by atoms with Gasteiger partial charge in [-0.3, -0.25) is 4.79 Å². The van der Waals surface area contributed by atoms with Gasteiger partial charge >= 0.3 is 5.97 Å². The average molecular weight is 399 g/mol. The van der Waals surface area contributed by atoms with Gasteiger partial charge in [0.25, 0.3) is 0 Å². The number of hydrogen-bond acceptors (Lipinski definition) is 5. The first kappa shape index (κ1) is 20.8. The lowest BCUT2D eigenvalue weighted by molar-refractivity contribution is -0.144. The van der Waals surface area contributed by atoms with Crippen molar-refractivity contribution in [2.75, 3.05) is 19.8 Å². The summed E-state index contributed by atoms with van der Waals surface area (Å²) in [5, 5.41) is 0. The number of halogens is 2. The van der Waals surface area contributed by atoms with Gasteiger partial charge in [-0.2, -0.15) is 0 Å². The Balaban J connectivity index is 1.71. The Morgan fingerprint density at radius 2 is 1.81 bits per heavy atom. The molecule has 0 aliphatic heterocycles. The highest BCUT2D eigenvalue weighted by Gasteiger charge is 2.16. The number of carbonyl (C=O) groups excluding carboxylic acids is 1. The van der Waals surface area contributed by atoms with Crippen molar-refractivity contribution in [2.24, 2.45) is 0 Å². The van der Waals surface area contributed by atoms with Crippen molar-refractivity contribution in [1.29, 1.82) is 0 Å². The highest BCUT2D eigenvalue weighted by molar-refractivity contribution is 7.89. The molecule has 0 unspecified atom stereocenters. The molecule has 0 aromatic heterocycles. The predicted octanol–water partition coefficient (Wildman–Crippen LogP) is 2.56. The van der Waals surface area contributed by atoms with Gasteiger partial charge in [0.1, 0.15) is 19.0 Å². The Labute approximate surface area is 156 Å². The molecule has 0 fully saturated rings. The molecule has 2 rings (SSSR count). The van der Waals surface area contributed by atoms with Crippen LogP contribution in [0.1, 0.15) is 12.0 Å². The Bertz CT molecular complexity index is 902. The molecule has 146 valence electrons. The van der Waals surface area contributed by atoms with Crippen LogP contribution in [-0.2, 0) is 19.6 Å². The smallest absolute Gasteiger partial charge is 0.307 e. The maximum absolute atomic E-state index is 13.1. The number of nitrogens with one attached hydrogen (secondary N) is 1. The zero-order chi connectivity index (χ0) is 19.9. The van der Waals surface area contributed by atoms with E-state index in [0.717, 1.165) is 11.6 Å². The van der Waals surface area contributed by atoms with E-state index in [2.05, 4.69) is 4.72 Å². The van der Waals surface area contributed by atoms with Crippen molar-refractivity contribution in [3.8, 4) is 5.75 Å². The van der Waals surface area contributed by atoms with E-state index in [1.54, 1.807) is 6.07 Å². The van der Waals surface area contributed by atoms with Crippen molar-refractivity contribution >= 4 is 16.0 Å². The van der Waals surface area contributed by atoms with E-state index in [0.29, 0.717) is 17.9 Å². The minimum absolute atomic E-state index is 0.0170. The SMILES string of the molecule is Cc1ccccc1OCCOC(=O)CCNS(=O)(=O)c1ccc(F)c(F)c1. The quantitative estimate of drug-likeness (QED) is 0.518. The van der Waals surface area contributed by atoms with E-state index < -0.39 is 32.5 Å². The van der Waals surface area contributed by atoms with Crippen molar-refractivity contribution in [3.63, 3.8) is 0 Å². The van der Waals surface area contributed by atoms with Crippen LogP contribution in [-0.4, -0.2) is 34.1 Å². The molecule has 1 N–H and O–H groups in total. The lowest BCUT2D eigenvalue weighted by Crippen LogP contribution is -2.27. The fraction of sp³-hybridized carbons (Fsp3) is 0.278.